The van der Waals surface area contributed by atoms with E-state index in [4.69, 9.17) is 0 Å². The number of nitrogens with zero attached hydrogens (tertiary/aromatic N) is 3. The topological polar surface area (TPSA) is 47.5 Å². The minimum atomic E-state index is -4.96. The molecule has 5 rings (SSSR count). The average Bonchev–Trinajstić information content (AvgIpc) is 2.99. The van der Waals surface area contributed by atoms with Crippen LogP contribution < -0.4 is 14.4 Å². The third-order valence-corrected chi connectivity index (χ3v) is 6.87. The molecular formula is C33H25F6N3O2. The largest absolute Gasteiger partial charge is 0.573 e. The number of alkyl halides is 6. The monoisotopic (exact) mass is 609 g/mol. The second kappa shape index (κ2) is 12.7. The highest BCUT2D eigenvalue weighted by Gasteiger charge is 2.40. The molecule has 0 unspecified atom stereocenters. The molecule has 44 heavy (non-hydrogen) atoms. The minimum Gasteiger partial charge on any atom is -0.406 e. The Hall–Kier alpha value is -5.06. The first kappa shape index (κ1) is 30.4. The van der Waals surface area contributed by atoms with Crippen molar-refractivity contribution in [3.8, 4) is 11.5 Å². The van der Waals surface area contributed by atoms with Crippen LogP contribution in [0.15, 0.2) is 128 Å². The van der Waals surface area contributed by atoms with Crippen LogP contribution in [-0.4, -0.2) is 29.2 Å². The van der Waals surface area contributed by atoms with E-state index in [0.29, 0.717) is 22.8 Å². The summed E-state index contributed by atoms with van der Waals surface area (Å²) in [5.74, 6) is -0.0160. The third-order valence-electron chi connectivity index (χ3n) is 6.87. The van der Waals surface area contributed by atoms with Crippen LogP contribution in [0, 0.1) is 0 Å². The van der Waals surface area contributed by atoms with E-state index in [2.05, 4.69) is 19.4 Å². The lowest BCUT2D eigenvalue weighted by Gasteiger charge is -2.40. The van der Waals surface area contributed by atoms with E-state index in [1.807, 2.05) is 30.3 Å². The summed E-state index contributed by atoms with van der Waals surface area (Å²) in [7, 11) is 0. The quantitative estimate of drug-likeness (QED) is 0.148. The molecule has 0 bridgehead atoms. The Bertz CT molecular complexity index is 1550. The molecular weight excluding hydrogens is 584 g/mol. The number of benzene rings is 3. The van der Waals surface area contributed by atoms with Gasteiger partial charge in [0.2, 0.25) is 0 Å². The number of rotatable bonds is 10. The predicted molar refractivity (Wildman–Crippen MR) is 153 cm³/mol. The van der Waals surface area contributed by atoms with Gasteiger partial charge >= 0.3 is 12.7 Å². The van der Waals surface area contributed by atoms with Gasteiger partial charge < -0.3 is 14.4 Å². The molecule has 3 aromatic carbocycles. The summed E-state index contributed by atoms with van der Waals surface area (Å²) in [5, 5.41) is 0. The van der Waals surface area contributed by atoms with Crippen LogP contribution in [-0.2, 0) is 11.8 Å². The van der Waals surface area contributed by atoms with Crippen molar-refractivity contribution in [2.75, 3.05) is 11.4 Å². The van der Waals surface area contributed by atoms with Crippen molar-refractivity contribution >= 4 is 11.6 Å². The molecule has 2 aromatic heterocycles. The summed E-state index contributed by atoms with van der Waals surface area (Å²) in [6.45, 7) is 0.000856. The normalized spacial score (nSPS) is 12.0. The van der Waals surface area contributed by atoms with Gasteiger partial charge in [-0.1, -0.05) is 66.7 Å². The molecule has 0 aliphatic heterocycles. The van der Waals surface area contributed by atoms with Gasteiger partial charge in [0.05, 0.1) is 0 Å². The second-order valence-electron chi connectivity index (χ2n) is 9.86. The molecule has 0 radical (unpaired) electrons. The number of ether oxygens (including phenoxy) is 2. The Labute approximate surface area is 249 Å². The van der Waals surface area contributed by atoms with Crippen LogP contribution in [0.25, 0.3) is 0 Å². The van der Waals surface area contributed by atoms with Gasteiger partial charge in [-0.15, -0.1) is 26.3 Å². The Kier molecular flexibility index (Phi) is 8.75. The van der Waals surface area contributed by atoms with Crippen LogP contribution in [0.3, 0.4) is 0 Å². The minimum absolute atomic E-state index is 0.000856. The van der Waals surface area contributed by atoms with Crippen LogP contribution >= 0.6 is 0 Å². The molecule has 0 atom stereocenters. The van der Waals surface area contributed by atoms with Crippen molar-refractivity contribution in [2.45, 2.75) is 24.6 Å². The first-order chi connectivity index (χ1) is 21.0. The number of halogens is 6. The maximum absolute atomic E-state index is 13.3. The number of pyridine rings is 2. The van der Waals surface area contributed by atoms with E-state index >= 15 is 0 Å². The van der Waals surface area contributed by atoms with Gasteiger partial charge in [0.15, 0.2) is 0 Å². The highest BCUT2D eigenvalue weighted by molar-refractivity contribution is 5.59. The molecule has 0 fully saturated rings. The number of aromatic nitrogens is 2. The highest BCUT2D eigenvalue weighted by atomic mass is 19.4. The Morgan fingerprint density at radius 1 is 0.545 bits per heavy atom. The van der Waals surface area contributed by atoms with Crippen molar-refractivity contribution in [2.24, 2.45) is 0 Å². The van der Waals surface area contributed by atoms with E-state index in [9.17, 15) is 26.3 Å². The van der Waals surface area contributed by atoms with Crippen molar-refractivity contribution in [3.63, 3.8) is 0 Å². The SMILES string of the molecule is FC(F)(F)Oc1cccc(C(Cc2ccccc2)(CN(c2ccccn2)c2ccccn2)c2cccc(OC(F)(F)F)c2)c1. The molecule has 0 amide bonds. The van der Waals surface area contributed by atoms with Gasteiger partial charge in [0, 0.05) is 24.4 Å². The molecule has 0 spiro atoms. The maximum atomic E-state index is 13.3. The van der Waals surface area contributed by atoms with Crippen molar-refractivity contribution < 1.29 is 35.8 Å². The molecule has 0 aliphatic rings. The van der Waals surface area contributed by atoms with Gasteiger partial charge in [-0.2, -0.15) is 0 Å². The van der Waals surface area contributed by atoms with E-state index < -0.39 is 29.6 Å². The van der Waals surface area contributed by atoms with Gasteiger partial charge in [-0.05, 0) is 71.6 Å². The van der Waals surface area contributed by atoms with E-state index in [-0.39, 0.29) is 13.0 Å². The average molecular weight is 610 g/mol. The third kappa shape index (κ3) is 7.66. The molecule has 226 valence electrons. The van der Waals surface area contributed by atoms with Crippen molar-refractivity contribution in [1.82, 2.24) is 9.97 Å². The van der Waals surface area contributed by atoms with Crippen molar-refractivity contribution in [1.29, 1.82) is 0 Å². The van der Waals surface area contributed by atoms with Crippen LogP contribution in [0.2, 0.25) is 0 Å². The van der Waals surface area contributed by atoms with Crippen LogP contribution in [0.4, 0.5) is 38.0 Å². The zero-order chi connectivity index (χ0) is 31.2. The zero-order valence-corrected chi connectivity index (χ0v) is 23.0. The number of hydrogen-bond acceptors (Lipinski definition) is 5. The fourth-order valence-corrected chi connectivity index (χ4v) is 5.11. The molecule has 5 nitrogen and oxygen atoms in total. The Morgan fingerprint density at radius 3 is 1.45 bits per heavy atom. The molecule has 11 heteroatoms. The van der Waals surface area contributed by atoms with Gasteiger partial charge in [0.25, 0.3) is 0 Å². The smallest absolute Gasteiger partial charge is 0.406 e. The van der Waals surface area contributed by atoms with E-state index in [0.717, 1.165) is 5.56 Å². The van der Waals surface area contributed by atoms with E-state index in [1.54, 1.807) is 65.8 Å². The van der Waals surface area contributed by atoms with E-state index in [1.165, 1.54) is 36.4 Å². The van der Waals surface area contributed by atoms with Crippen LogP contribution in [0.5, 0.6) is 11.5 Å². The Morgan fingerprint density at radius 2 is 1.02 bits per heavy atom. The lowest BCUT2D eigenvalue weighted by molar-refractivity contribution is -0.275. The lowest BCUT2D eigenvalue weighted by atomic mass is 9.69. The number of anilines is 2. The second-order valence-corrected chi connectivity index (χ2v) is 9.86. The molecule has 0 aliphatic carbocycles. The summed E-state index contributed by atoms with van der Waals surface area (Å²) in [6, 6.07) is 30.5. The molecule has 0 saturated heterocycles. The highest BCUT2D eigenvalue weighted by Crippen LogP contribution is 2.42. The fourth-order valence-electron chi connectivity index (χ4n) is 5.11. The van der Waals surface area contributed by atoms with Crippen molar-refractivity contribution in [3.05, 3.63) is 144 Å². The van der Waals surface area contributed by atoms with Crippen LogP contribution in [0.1, 0.15) is 16.7 Å². The maximum Gasteiger partial charge on any atom is 0.573 e. The van der Waals surface area contributed by atoms with Gasteiger partial charge in [0.1, 0.15) is 23.1 Å². The van der Waals surface area contributed by atoms with Gasteiger partial charge in [-0.25, -0.2) is 9.97 Å². The summed E-state index contributed by atoms with van der Waals surface area (Å²) in [4.78, 5) is 10.8. The molecule has 2 heterocycles. The first-order valence-corrected chi connectivity index (χ1v) is 13.4. The summed E-state index contributed by atoms with van der Waals surface area (Å²) in [5.41, 5.74) is 0.179. The summed E-state index contributed by atoms with van der Waals surface area (Å²) >= 11 is 0. The predicted octanol–water partition coefficient (Wildman–Crippen LogP) is 8.64. The Balaban J connectivity index is 1.78. The molecule has 5 aromatic rings. The fraction of sp³-hybridized carbons (Fsp3) is 0.152. The lowest BCUT2D eigenvalue weighted by Crippen LogP contribution is -2.42. The number of hydrogen-bond donors (Lipinski definition) is 0. The molecule has 0 saturated carbocycles. The first-order valence-electron chi connectivity index (χ1n) is 13.4. The summed E-state index contributed by atoms with van der Waals surface area (Å²) in [6.07, 6.45) is -6.60. The summed E-state index contributed by atoms with van der Waals surface area (Å²) < 4.78 is 88.5. The standard InChI is InChI=1S/C33H25F6N3O2/c34-32(35,36)43-27-14-8-12-25(20-27)31(22-24-10-2-1-3-11-24,26-13-9-15-28(21-26)44-33(37,38)39)23-42(29-16-4-6-18-40-29)30-17-5-7-19-41-30/h1-21H,22-23H2. The van der Waals surface area contributed by atoms with Gasteiger partial charge in [-0.3, -0.25) is 0 Å². The zero-order valence-electron chi connectivity index (χ0n) is 23.0. The molecule has 0 N–H and O–H groups in total.